The average Bonchev–Trinajstić information content (AvgIpc) is 3.28. The zero-order valence-corrected chi connectivity index (χ0v) is 17.0. The molecule has 0 aliphatic carbocycles. The van der Waals surface area contributed by atoms with E-state index in [1.165, 1.54) is 5.56 Å². The summed E-state index contributed by atoms with van der Waals surface area (Å²) in [6.45, 7) is 2.65. The van der Waals surface area contributed by atoms with Gasteiger partial charge in [0.25, 0.3) is 5.91 Å². The molecule has 1 aliphatic rings. The first-order valence-corrected chi connectivity index (χ1v) is 10.1. The second-order valence-corrected chi connectivity index (χ2v) is 7.39. The third-order valence-corrected chi connectivity index (χ3v) is 5.28. The van der Waals surface area contributed by atoms with Gasteiger partial charge in [0, 0.05) is 37.6 Å². The van der Waals surface area contributed by atoms with Crippen LogP contribution in [0, 0.1) is 0 Å². The van der Waals surface area contributed by atoms with Gasteiger partial charge < -0.3 is 20.3 Å². The van der Waals surface area contributed by atoms with Crippen molar-refractivity contribution in [3.05, 3.63) is 84.1 Å². The molecule has 30 heavy (non-hydrogen) atoms. The number of ether oxygens (including phenoxy) is 1. The van der Waals surface area contributed by atoms with Gasteiger partial charge in [0.1, 0.15) is 11.6 Å². The highest BCUT2D eigenvalue weighted by Gasteiger charge is 2.23. The van der Waals surface area contributed by atoms with E-state index < -0.39 is 0 Å². The van der Waals surface area contributed by atoms with Gasteiger partial charge in [-0.1, -0.05) is 30.3 Å². The molecule has 1 saturated heterocycles. The summed E-state index contributed by atoms with van der Waals surface area (Å²) >= 11 is 0. The monoisotopic (exact) mass is 402 g/mol. The van der Waals surface area contributed by atoms with Crippen LogP contribution in [0.1, 0.15) is 22.3 Å². The third-order valence-electron chi connectivity index (χ3n) is 5.28. The molecule has 1 fully saturated rings. The van der Waals surface area contributed by atoms with Crippen LogP contribution < -0.4 is 20.3 Å². The van der Waals surface area contributed by atoms with E-state index in [1.807, 2.05) is 54.6 Å². The largest absolute Gasteiger partial charge is 0.497 e. The van der Waals surface area contributed by atoms with E-state index >= 15 is 0 Å². The molecule has 4 rings (SSSR count). The van der Waals surface area contributed by atoms with Crippen LogP contribution in [0.15, 0.2) is 72.9 Å². The van der Waals surface area contributed by atoms with E-state index in [-0.39, 0.29) is 5.91 Å². The van der Waals surface area contributed by atoms with Crippen LogP contribution in [0.5, 0.6) is 5.75 Å². The molecule has 2 aromatic carbocycles. The second kappa shape index (κ2) is 9.41. The third kappa shape index (κ3) is 4.96. The lowest BCUT2D eigenvalue weighted by Gasteiger charge is -2.18. The Kier molecular flexibility index (Phi) is 6.25. The lowest BCUT2D eigenvalue weighted by Crippen LogP contribution is -2.32. The number of anilines is 2. The van der Waals surface area contributed by atoms with E-state index in [2.05, 4.69) is 32.7 Å². The van der Waals surface area contributed by atoms with Crippen LogP contribution in [-0.2, 0) is 6.54 Å². The molecule has 0 unspecified atom stereocenters. The van der Waals surface area contributed by atoms with E-state index in [1.54, 1.807) is 13.3 Å². The summed E-state index contributed by atoms with van der Waals surface area (Å²) in [6, 6.07) is 21.7. The summed E-state index contributed by atoms with van der Waals surface area (Å²) < 4.78 is 5.29. The predicted octanol–water partition coefficient (Wildman–Crippen LogP) is 3.71. The Labute approximate surface area is 176 Å². The number of benzene rings is 2. The quantitative estimate of drug-likeness (QED) is 0.631. The molecular weight excluding hydrogens is 376 g/mol. The van der Waals surface area contributed by atoms with Gasteiger partial charge in [0.05, 0.1) is 12.7 Å². The summed E-state index contributed by atoms with van der Waals surface area (Å²) in [6.07, 6.45) is 2.70. The van der Waals surface area contributed by atoms with Gasteiger partial charge >= 0.3 is 0 Å². The van der Waals surface area contributed by atoms with Gasteiger partial charge in [-0.2, -0.15) is 0 Å². The van der Waals surface area contributed by atoms with Crippen molar-refractivity contribution in [1.29, 1.82) is 0 Å². The smallest absolute Gasteiger partial charge is 0.257 e. The Bertz CT molecular complexity index is 976. The molecule has 1 atom stereocenters. The molecule has 1 amide bonds. The molecule has 0 spiro atoms. The number of nitrogens with one attached hydrogen (secondary N) is 2. The first-order chi connectivity index (χ1) is 14.7. The first kappa shape index (κ1) is 19.9. The lowest BCUT2D eigenvalue weighted by molar-refractivity contribution is 0.102. The summed E-state index contributed by atoms with van der Waals surface area (Å²) in [7, 11) is 1.69. The van der Waals surface area contributed by atoms with E-state index in [0.29, 0.717) is 11.6 Å². The van der Waals surface area contributed by atoms with Gasteiger partial charge in [0.2, 0.25) is 0 Å². The minimum atomic E-state index is -0.153. The predicted molar refractivity (Wildman–Crippen MR) is 119 cm³/mol. The molecule has 2 heterocycles. The van der Waals surface area contributed by atoms with Crippen LogP contribution in [-0.4, -0.2) is 37.1 Å². The number of carbonyl (C=O) groups excluding carboxylic acids is 1. The Hall–Kier alpha value is -3.38. The normalized spacial score (nSPS) is 15.8. The Balaban J connectivity index is 1.30. The Morgan fingerprint density at radius 3 is 2.77 bits per heavy atom. The maximum Gasteiger partial charge on any atom is 0.257 e. The van der Waals surface area contributed by atoms with E-state index in [0.717, 1.165) is 43.3 Å². The van der Waals surface area contributed by atoms with Crippen molar-refractivity contribution in [3.8, 4) is 5.75 Å². The fourth-order valence-electron chi connectivity index (χ4n) is 3.61. The summed E-state index contributed by atoms with van der Waals surface area (Å²) in [5.41, 5.74) is 2.53. The van der Waals surface area contributed by atoms with Crippen LogP contribution >= 0.6 is 0 Å². The molecule has 1 aromatic heterocycles. The highest BCUT2D eigenvalue weighted by molar-refractivity contribution is 6.04. The maximum absolute atomic E-state index is 12.4. The first-order valence-electron chi connectivity index (χ1n) is 10.1. The minimum absolute atomic E-state index is 0.153. The number of hydrogen-bond donors (Lipinski definition) is 2. The number of pyridine rings is 1. The van der Waals surface area contributed by atoms with Crippen molar-refractivity contribution in [1.82, 2.24) is 10.3 Å². The number of para-hydroxylation sites is 1. The molecule has 154 valence electrons. The van der Waals surface area contributed by atoms with Crippen molar-refractivity contribution in [3.63, 3.8) is 0 Å². The molecule has 6 heteroatoms. The number of carbonyl (C=O) groups is 1. The van der Waals surface area contributed by atoms with Gasteiger partial charge in [-0.05, 0) is 48.4 Å². The van der Waals surface area contributed by atoms with Gasteiger partial charge in [0.15, 0.2) is 0 Å². The zero-order chi connectivity index (χ0) is 20.8. The van der Waals surface area contributed by atoms with Crippen molar-refractivity contribution in [2.45, 2.75) is 19.0 Å². The van der Waals surface area contributed by atoms with Gasteiger partial charge in [-0.25, -0.2) is 4.98 Å². The number of nitrogens with zero attached hydrogens (tertiary/aromatic N) is 2. The van der Waals surface area contributed by atoms with Gasteiger partial charge in [-0.15, -0.1) is 0 Å². The molecule has 0 radical (unpaired) electrons. The SMILES string of the molecule is COc1cccc(CN[C@@H]2CCN(c3ccc(C(=O)Nc4ccccc4)cn3)C2)c1. The number of rotatable bonds is 7. The highest BCUT2D eigenvalue weighted by atomic mass is 16.5. The number of methoxy groups -OCH3 is 1. The fourth-order valence-corrected chi connectivity index (χ4v) is 3.61. The Morgan fingerprint density at radius 2 is 2.00 bits per heavy atom. The van der Waals surface area contributed by atoms with Gasteiger partial charge in [-0.3, -0.25) is 4.79 Å². The number of aromatic nitrogens is 1. The zero-order valence-electron chi connectivity index (χ0n) is 17.0. The molecule has 1 aliphatic heterocycles. The second-order valence-electron chi connectivity index (χ2n) is 7.39. The standard InChI is InChI=1S/C24H26N4O2/c1-30-22-9-5-6-18(14-22)15-25-21-12-13-28(17-21)23-11-10-19(16-26-23)24(29)27-20-7-3-2-4-8-20/h2-11,14,16,21,25H,12-13,15,17H2,1H3,(H,27,29)/t21-/m1/s1. The molecular formula is C24H26N4O2. The minimum Gasteiger partial charge on any atom is -0.497 e. The Morgan fingerprint density at radius 1 is 1.13 bits per heavy atom. The van der Waals surface area contributed by atoms with Crippen molar-refractivity contribution in [2.24, 2.45) is 0 Å². The van der Waals surface area contributed by atoms with Crippen molar-refractivity contribution >= 4 is 17.4 Å². The summed E-state index contributed by atoms with van der Waals surface area (Å²) in [5, 5.41) is 6.50. The summed E-state index contributed by atoms with van der Waals surface area (Å²) in [5.74, 6) is 1.62. The van der Waals surface area contributed by atoms with Crippen molar-refractivity contribution < 1.29 is 9.53 Å². The highest BCUT2D eigenvalue weighted by Crippen LogP contribution is 2.20. The topological polar surface area (TPSA) is 66.5 Å². The van der Waals surface area contributed by atoms with E-state index in [9.17, 15) is 4.79 Å². The van der Waals surface area contributed by atoms with Crippen LogP contribution in [0.25, 0.3) is 0 Å². The molecule has 3 aromatic rings. The lowest BCUT2D eigenvalue weighted by atomic mass is 10.2. The van der Waals surface area contributed by atoms with E-state index in [4.69, 9.17) is 4.74 Å². The number of hydrogen-bond acceptors (Lipinski definition) is 5. The average molecular weight is 402 g/mol. The maximum atomic E-state index is 12.4. The summed E-state index contributed by atoms with van der Waals surface area (Å²) in [4.78, 5) is 19.2. The van der Waals surface area contributed by atoms with Crippen molar-refractivity contribution in [2.75, 3.05) is 30.4 Å². The van der Waals surface area contributed by atoms with Crippen LogP contribution in [0.2, 0.25) is 0 Å². The molecule has 0 saturated carbocycles. The molecule has 2 N–H and O–H groups in total. The van der Waals surface area contributed by atoms with Crippen LogP contribution in [0.3, 0.4) is 0 Å². The molecule has 0 bridgehead atoms. The number of amides is 1. The van der Waals surface area contributed by atoms with Crippen LogP contribution in [0.4, 0.5) is 11.5 Å². The molecule has 6 nitrogen and oxygen atoms in total. The fraction of sp³-hybridized carbons (Fsp3) is 0.250.